The molecular weight excluding hydrogens is 459 g/mol. The molecular formula is C29H35FN2O4. The zero-order valence-electron chi connectivity index (χ0n) is 20.9. The van der Waals surface area contributed by atoms with Crippen LogP contribution in [0.2, 0.25) is 0 Å². The first-order chi connectivity index (χ1) is 17.4. The molecule has 2 heterocycles. The number of carbonyl (C=O) groups excluding carboxylic acids is 2. The number of halogens is 1. The van der Waals surface area contributed by atoms with Gasteiger partial charge in [0.25, 0.3) is 0 Å². The van der Waals surface area contributed by atoms with Gasteiger partial charge in [-0.05, 0) is 92.7 Å². The van der Waals surface area contributed by atoms with Crippen molar-refractivity contribution >= 4 is 17.6 Å². The van der Waals surface area contributed by atoms with Gasteiger partial charge in [-0.1, -0.05) is 24.3 Å². The number of dihydropyridines is 1. The number of alkyl carbamates (subject to hydrolysis) is 1. The number of cyclic esters (lactones) is 1. The van der Waals surface area contributed by atoms with Gasteiger partial charge in [-0.25, -0.2) is 9.18 Å². The van der Waals surface area contributed by atoms with Crippen molar-refractivity contribution in [2.75, 3.05) is 13.2 Å². The van der Waals surface area contributed by atoms with Crippen LogP contribution in [0.1, 0.15) is 45.1 Å². The molecule has 6 nitrogen and oxygen atoms in total. The van der Waals surface area contributed by atoms with Crippen molar-refractivity contribution in [1.29, 1.82) is 0 Å². The molecule has 0 bridgehead atoms. The molecule has 2 aliphatic heterocycles. The van der Waals surface area contributed by atoms with Gasteiger partial charge < -0.3 is 20.1 Å². The summed E-state index contributed by atoms with van der Waals surface area (Å²) in [5.41, 5.74) is 2.92. The van der Waals surface area contributed by atoms with Crippen LogP contribution in [0.4, 0.5) is 9.18 Å². The lowest BCUT2D eigenvalue weighted by Crippen LogP contribution is -2.48. The Morgan fingerprint density at radius 1 is 1.28 bits per heavy atom. The molecule has 0 spiro atoms. The van der Waals surface area contributed by atoms with Crippen molar-refractivity contribution in [3.8, 4) is 0 Å². The van der Waals surface area contributed by atoms with Gasteiger partial charge in [0.2, 0.25) is 0 Å². The van der Waals surface area contributed by atoms with E-state index in [1.54, 1.807) is 19.1 Å². The molecule has 192 valence electrons. The second kappa shape index (κ2) is 10.5. The Morgan fingerprint density at radius 2 is 2.14 bits per heavy atom. The van der Waals surface area contributed by atoms with E-state index in [-0.39, 0.29) is 47.8 Å². The monoisotopic (exact) mass is 494 g/mol. The molecule has 0 radical (unpaired) electrons. The first-order valence-corrected chi connectivity index (χ1v) is 13.2. The number of esters is 1. The molecule has 36 heavy (non-hydrogen) atoms. The Hall–Kier alpha value is -3.09. The lowest BCUT2D eigenvalue weighted by Gasteiger charge is -2.47. The predicted octanol–water partition coefficient (Wildman–Crippen LogP) is 4.98. The first kappa shape index (κ1) is 24.6. The molecule has 4 aliphatic rings. The summed E-state index contributed by atoms with van der Waals surface area (Å²) in [6.45, 7) is 4.80. The SMILES string of the molecule is CCOC(=O)N[C@H]1CC[C@H]2[C@H](C1)C[C@H]1C(=O)O[C@H](C)[C@H]1[C@H]2/C=C/C1=CC=C(c2cccc(F)c2)CN1. The lowest BCUT2D eigenvalue weighted by atomic mass is 9.57. The topological polar surface area (TPSA) is 76.7 Å². The number of amides is 1. The van der Waals surface area contributed by atoms with Crippen LogP contribution in [-0.2, 0) is 14.3 Å². The van der Waals surface area contributed by atoms with Gasteiger partial charge >= 0.3 is 12.1 Å². The minimum atomic E-state index is -0.360. The number of hydrogen-bond acceptors (Lipinski definition) is 5. The van der Waals surface area contributed by atoms with Gasteiger partial charge in [0.15, 0.2) is 0 Å². The third-order valence-electron chi connectivity index (χ3n) is 8.39. The van der Waals surface area contributed by atoms with E-state index in [4.69, 9.17) is 9.47 Å². The highest BCUT2D eigenvalue weighted by atomic mass is 19.1. The van der Waals surface area contributed by atoms with E-state index in [9.17, 15) is 14.0 Å². The third kappa shape index (κ3) is 5.06. The summed E-state index contributed by atoms with van der Waals surface area (Å²) < 4.78 is 24.4. The average molecular weight is 495 g/mol. The molecule has 5 rings (SSSR count). The quantitative estimate of drug-likeness (QED) is 0.565. The van der Waals surface area contributed by atoms with Crippen molar-refractivity contribution in [2.24, 2.45) is 29.6 Å². The standard InChI is InChI=1S/C29H35FN2O4/c1-3-35-29(34)32-23-10-11-24-20(14-23)15-26-27(17(2)36-28(26)33)25(24)12-9-22-8-7-19(16-31-22)18-5-4-6-21(30)13-18/h4-9,12-13,17,20,23-27,31H,3,10-11,14-16H2,1-2H3,(H,32,34)/b12-9+/t17-,20-,23+,24+,25+,26-,27+/m1/s1. The summed E-state index contributed by atoms with van der Waals surface area (Å²) in [7, 11) is 0. The number of ether oxygens (including phenoxy) is 2. The number of carbonyl (C=O) groups is 2. The highest BCUT2D eigenvalue weighted by Gasteiger charge is 2.54. The Kier molecular flexibility index (Phi) is 7.17. The molecule has 1 amide bonds. The highest BCUT2D eigenvalue weighted by Crippen LogP contribution is 2.53. The fraction of sp³-hybridized carbons (Fsp3) is 0.517. The normalized spacial score (nSPS) is 33.5. The number of allylic oxidation sites excluding steroid dienone is 4. The molecule has 0 aromatic heterocycles. The van der Waals surface area contributed by atoms with E-state index < -0.39 is 0 Å². The average Bonchev–Trinajstić information content (AvgIpc) is 3.15. The molecule has 7 atom stereocenters. The molecule has 1 aromatic carbocycles. The van der Waals surface area contributed by atoms with E-state index in [0.717, 1.165) is 42.5 Å². The van der Waals surface area contributed by atoms with Crippen LogP contribution in [0.15, 0.2) is 54.3 Å². The maximum atomic E-state index is 13.6. The van der Waals surface area contributed by atoms with E-state index in [1.807, 2.05) is 25.1 Å². The van der Waals surface area contributed by atoms with Crippen molar-refractivity contribution in [1.82, 2.24) is 10.6 Å². The van der Waals surface area contributed by atoms with E-state index in [1.165, 1.54) is 6.07 Å². The van der Waals surface area contributed by atoms with Gasteiger partial charge in [-0.2, -0.15) is 0 Å². The van der Waals surface area contributed by atoms with Crippen molar-refractivity contribution in [2.45, 2.75) is 51.7 Å². The minimum absolute atomic E-state index is 0.0791. The maximum Gasteiger partial charge on any atom is 0.407 e. The summed E-state index contributed by atoms with van der Waals surface area (Å²) in [5, 5.41) is 6.45. The Bertz CT molecular complexity index is 1100. The zero-order chi connectivity index (χ0) is 25.2. The molecule has 3 fully saturated rings. The van der Waals surface area contributed by atoms with Crippen molar-refractivity contribution in [3.63, 3.8) is 0 Å². The molecule has 2 saturated carbocycles. The molecule has 1 saturated heterocycles. The molecule has 2 N–H and O–H groups in total. The summed E-state index contributed by atoms with van der Waals surface area (Å²) in [6, 6.07) is 6.72. The van der Waals surface area contributed by atoms with Gasteiger partial charge in [-0.15, -0.1) is 0 Å². The van der Waals surface area contributed by atoms with E-state index >= 15 is 0 Å². The molecule has 7 heteroatoms. The van der Waals surface area contributed by atoms with E-state index in [0.29, 0.717) is 25.0 Å². The van der Waals surface area contributed by atoms with Gasteiger partial charge in [0, 0.05) is 24.2 Å². The Labute approximate surface area is 212 Å². The predicted molar refractivity (Wildman–Crippen MR) is 135 cm³/mol. The number of rotatable bonds is 5. The number of benzene rings is 1. The number of nitrogens with one attached hydrogen (secondary N) is 2. The molecule has 1 aromatic rings. The smallest absolute Gasteiger partial charge is 0.407 e. The van der Waals surface area contributed by atoms with Crippen LogP contribution >= 0.6 is 0 Å². The van der Waals surface area contributed by atoms with Crippen LogP contribution < -0.4 is 10.6 Å². The molecule has 2 aliphatic carbocycles. The minimum Gasteiger partial charge on any atom is -0.462 e. The number of fused-ring (bicyclic) bond motifs is 2. The second-order valence-corrected chi connectivity index (χ2v) is 10.5. The Morgan fingerprint density at radius 3 is 2.89 bits per heavy atom. The zero-order valence-corrected chi connectivity index (χ0v) is 20.9. The van der Waals surface area contributed by atoms with Crippen LogP contribution in [0, 0.1) is 35.4 Å². The molecule has 0 unspecified atom stereocenters. The second-order valence-electron chi connectivity index (χ2n) is 10.5. The van der Waals surface area contributed by atoms with Crippen LogP contribution in [0.5, 0.6) is 0 Å². The first-order valence-electron chi connectivity index (χ1n) is 13.2. The highest BCUT2D eigenvalue weighted by molar-refractivity contribution is 5.75. The van der Waals surface area contributed by atoms with Gasteiger partial charge in [0.05, 0.1) is 12.5 Å². The Balaban J connectivity index is 1.33. The number of hydrogen-bond donors (Lipinski definition) is 2. The fourth-order valence-corrected chi connectivity index (χ4v) is 6.81. The lowest BCUT2D eigenvalue weighted by molar-refractivity contribution is -0.144. The summed E-state index contributed by atoms with van der Waals surface area (Å²) in [5.74, 6) is 0.795. The van der Waals surface area contributed by atoms with Crippen molar-refractivity contribution in [3.05, 3.63) is 65.6 Å². The summed E-state index contributed by atoms with van der Waals surface area (Å²) in [4.78, 5) is 24.7. The van der Waals surface area contributed by atoms with Gasteiger partial charge in [0.1, 0.15) is 11.9 Å². The summed E-state index contributed by atoms with van der Waals surface area (Å²) in [6.07, 6.45) is 11.6. The van der Waals surface area contributed by atoms with E-state index in [2.05, 4.69) is 22.8 Å². The van der Waals surface area contributed by atoms with Crippen LogP contribution in [0.25, 0.3) is 5.57 Å². The summed E-state index contributed by atoms with van der Waals surface area (Å²) >= 11 is 0. The largest absolute Gasteiger partial charge is 0.462 e. The maximum absolute atomic E-state index is 13.6. The fourth-order valence-electron chi connectivity index (χ4n) is 6.81. The van der Waals surface area contributed by atoms with Crippen LogP contribution in [-0.4, -0.2) is 37.4 Å². The third-order valence-corrected chi connectivity index (χ3v) is 8.39. The van der Waals surface area contributed by atoms with Gasteiger partial charge in [-0.3, -0.25) is 4.79 Å². The van der Waals surface area contributed by atoms with Crippen LogP contribution in [0.3, 0.4) is 0 Å². The van der Waals surface area contributed by atoms with Crippen molar-refractivity contribution < 1.29 is 23.5 Å².